The van der Waals surface area contributed by atoms with E-state index >= 15 is 0 Å². The molecule has 1 aliphatic rings. The summed E-state index contributed by atoms with van der Waals surface area (Å²) in [5.74, 6) is 1.85. The Morgan fingerprint density at radius 3 is 2.72 bits per heavy atom. The second-order valence-corrected chi connectivity index (χ2v) is 5.34. The molecule has 1 unspecified atom stereocenters. The van der Waals surface area contributed by atoms with Crippen LogP contribution in [0.25, 0.3) is 0 Å². The molecule has 2 N–H and O–H groups in total. The van der Waals surface area contributed by atoms with Crippen molar-refractivity contribution in [3.05, 3.63) is 29.3 Å². The zero-order chi connectivity index (χ0) is 13.1. The molecule has 0 spiro atoms. The van der Waals surface area contributed by atoms with E-state index in [0.717, 1.165) is 18.2 Å². The molecule has 18 heavy (non-hydrogen) atoms. The Balaban J connectivity index is 2.10. The highest BCUT2D eigenvalue weighted by Gasteiger charge is 2.30. The summed E-state index contributed by atoms with van der Waals surface area (Å²) in [6.07, 6.45) is 2.76. The fourth-order valence-electron chi connectivity index (χ4n) is 2.43. The monoisotopic (exact) mass is 248 g/mol. The lowest BCUT2D eigenvalue weighted by atomic mass is 10.1. The zero-order valence-electron chi connectivity index (χ0n) is 11.6. The van der Waals surface area contributed by atoms with E-state index in [-0.39, 0.29) is 0 Å². The first-order valence-corrected chi connectivity index (χ1v) is 6.71. The van der Waals surface area contributed by atoms with Crippen LogP contribution in [0.4, 0.5) is 0 Å². The number of rotatable bonds is 6. The minimum atomic E-state index is 0.582. The van der Waals surface area contributed by atoms with Crippen LogP contribution >= 0.6 is 0 Å². The first-order valence-electron chi connectivity index (χ1n) is 6.71. The van der Waals surface area contributed by atoms with Gasteiger partial charge in [0.15, 0.2) is 0 Å². The van der Waals surface area contributed by atoms with Gasteiger partial charge in [0.2, 0.25) is 0 Å². The summed E-state index contributed by atoms with van der Waals surface area (Å²) in [5, 5.41) is 0. The van der Waals surface area contributed by atoms with Gasteiger partial charge in [-0.05, 0) is 50.4 Å². The molecular formula is C15H24N2O. The lowest BCUT2D eigenvalue weighted by Gasteiger charge is -2.25. The number of nitrogens with zero attached hydrogens (tertiary/aromatic N) is 1. The van der Waals surface area contributed by atoms with E-state index < -0.39 is 0 Å². The van der Waals surface area contributed by atoms with Crippen LogP contribution in [0.15, 0.2) is 18.2 Å². The maximum atomic E-state index is 5.70. The average molecular weight is 248 g/mol. The molecule has 1 atom stereocenters. The third-order valence-electron chi connectivity index (χ3n) is 4.00. The number of hydrogen-bond donors (Lipinski definition) is 1. The molecule has 0 heterocycles. The number of hydrogen-bond acceptors (Lipinski definition) is 3. The van der Waals surface area contributed by atoms with E-state index in [4.69, 9.17) is 10.5 Å². The minimum absolute atomic E-state index is 0.582. The zero-order valence-corrected chi connectivity index (χ0v) is 11.6. The molecule has 0 aromatic heterocycles. The van der Waals surface area contributed by atoms with Crippen molar-refractivity contribution in [1.82, 2.24) is 4.90 Å². The maximum absolute atomic E-state index is 5.70. The van der Waals surface area contributed by atoms with E-state index in [1.165, 1.54) is 24.0 Å². The topological polar surface area (TPSA) is 38.5 Å². The Hall–Kier alpha value is -1.06. The Morgan fingerprint density at radius 2 is 2.17 bits per heavy atom. The highest BCUT2D eigenvalue weighted by atomic mass is 16.5. The maximum Gasteiger partial charge on any atom is 0.123 e. The highest BCUT2D eigenvalue weighted by Crippen LogP contribution is 2.35. The van der Waals surface area contributed by atoms with Gasteiger partial charge < -0.3 is 10.5 Å². The van der Waals surface area contributed by atoms with Gasteiger partial charge in [-0.1, -0.05) is 6.07 Å². The van der Waals surface area contributed by atoms with Gasteiger partial charge in [0, 0.05) is 24.7 Å². The number of nitrogens with two attached hydrogens (primary N) is 1. The number of benzene rings is 1. The second kappa shape index (κ2) is 5.72. The molecule has 0 aliphatic heterocycles. The molecule has 0 saturated heterocycles. The van der Waals surface area contributed by atoms with Crippen LogP contribution in [-0.2, 0) is 13.1 Å². The Bertz CT molecular complexity index is 401. The summed E-state index contributed by atoms with van der Waals surface area (Å²) in [6, 6.07) is 6.87. The van der Waals surface area contributed by atoms with Gasteiger partial charge in [-0.2, -0.15) is 0 Å². The summed E-state index contributed by atoms with van der Waals surface area (Å²) in [6.45, 7) is 3.82. The predicted molar refractivity (Wildman–Crippen MR) is 74.5 cm³/mol. The summed E-state index contributed by atoms with van der Waals surface area (Å²) >= 11 is 0. The molecule has 2 rings (SSSR count). The summed E-state index contributed by atoms with van der Waals surface area (Å²) < 4.78 is 5.43. The van der Waals surface area contributed by atoms with Crippen molar-refractivity contribution in [1.29, 1.82) is 0 Å². The fourth-order valence-corrected chi connectivity index (χ4v) is 2.43. The molecule has 0 amide bonds. The van der Waals surface area contributed by atoms with Crippen molar-refractivity contribution < 1.29 is 4.74 Å². The third-order valence-corrected chi connectivity index (χ3v) is 4.00. The lowest BCUT2D eigenvalue weighted by molar-refractivity contribution is 0.223. The van der Waals surface area contributed by atoms with Crippen molar-refractivity contribution in [3.8, 4) is 5.75 Å². The van der Waals surface area contributed by atoms with Gasteiger partial charge in [-0.3, -0.25) is 4.90 Å². The van der Waals surface area contributed by atoms with Crippen molar-refractivity contribution in [2.45, 2.75) is 38.9 Å². The first-order chi connectivity index (χ1) is 8.65. The van der Waals surface area contributed by atoms with Gasteiger partial charge in [0.05, 0.1) is 7.11 Å². The first kappa shape index (κ1) is 13.4. The molecule has 100 valence electrons. The Kier molecular flexibility index (Phi) is 4.25. The Labute approximate surface area is 110 Å². The molecule has 1 fully saturated rings. The summed E-state index contributed by atoms with van der Waals surface area (Å²) in [5.41, 5.74) is 8.10. The molecule has 0 radical (unpaired) electrons. The van der Waals surface area contributed by atoms with Gasteiger partial charge in [-0.15, -0.1) is 0 Å². The average Bonchev–Trinajstić information content (AvgIpc) is 3.22. The molecule has 3 heteroatoms. The van der Waals surface area contributed by atoms with Crippen LogP contribution in [0.5, 0.6) is 5.75 Å². The van der Waals surface area contributed by atoms with Gasteiger partial charge in [0.1, 0.15) is 5.75 Å². The van der Waals surface area contributed by atoms with Crippen molar-refractivity contribution in [2.24, 2.45) is 11.7 Å². The quantitative estimate of drug-likeness (QED) is 0.840. The Morgan fingerprint density at radius 1 is 1.44 bits per heavy atom. The van der Waals surface area contributed by atoms with E-state index in [0.29, 0.717) is 12.6 Å². The highest BCUT2D eigenvalue weighted by molar-refractivity contribution is 5.37. The van der Waals surface area contributed by atoms with Crippen LogP contribution < -0.4 is 10.5 Å². The van der Waals surface area contributed by atoms with Crippen LogP contribution in [0, 0.1) is 5.92 Å². The van der Waals surface area contributed by atoms with Crippen molar-refractivity contribution >= 4 is 0 Å². The molecule has 0 bridgehead atoms. The van der Waals surface area contributed by atoms with Crippen LogP contribution in [-0.4, -0.2) is 25.1 Å². The smallest absolute Gasteiger partial charge is 0.123 e. The van der Waals surface area contributed by atoms with E-state index in [1.54, 1.807) is 7.11 Å². The predicted octanol–water partition coefficient (Wildman–Crippen LogP) is 2.38. The normalized spacial score (nSPS) is 16.9. The van der Waals surface area contributed by atoms with E-state index in [9.17, 15) is 0 Å². The third kappa shape index (κ3) is 3.03. The number of methoxy groups -OCH3 is 1. The largest absolute Gasteiger partial charge is 0.496 e. The van der Waals surface area contributed by atoms with E-state index in [1.807, 2.05) is 12.1 Å². The second-order valence-electron chi connectivity index (χ2n) is 5.34. The van der Waals surface area contributed by atoms with Gasteiger partial charge in [0.25, 0.3) is 0 Å². The molecule has 1 aromatic carbocycles. The SMILES string of the molecule is COc1ccc(CN)cc1CN(C)C(C)C1CC1. The fraction of sp³-hybridized carbons (Fsp3) is 0.600. The van der Waals surface area contributed by atoms with Crippen LogP contribution in [0.2, 0.25) is 0 Å². The molecule has 1 aromatic rings. The van der Waals surface area contributed by atoms with Gasteiger partial charge in [-0.25, -0.2) is 0 Å². The van der Waals surface area contributed by atoms with Crippen LogP contribution in [0.1, 0.15) is 30.9 Å². The van der Waals surface area contributed by atoms with Gasteiger partial charge >= 0.3 is 0 Å². The minimum Gasteiger partial charge on any atom is -0.496 e. The number of ether oxygens (including phenoxy) is 1. The van der Waals surface area contributed by atoms with E-state index in [2.05, 4.69) is 24.9 Å². The molecular weight excluding hydrogens is 224 g/mol. The lowest BCUT2D eigenvalue weighted by Crippen LogP contribution is -2.30. The standard InChI is InChI=1S/C15H24N2O/c1-11(13-5-6-13)17(2)10-14-8-12(9-16)4-7-15(14)18-3/h4,7-8,11,13H,5-6,9-10,16H2,1-3H3. The molecule has 1 saturated carbocycles. The van der Waals surface area contributed by atoms with Crippen molar-refractivity contribution in [3.63, 3.8) is 0 Å². The molecule has 3 nitrogen and oxygen atoms in total. The van der Waals surface area contributed by atoms with Crippen molar-refractivity contribution in [2.75, 3.05) is 14.2 Å². The summed E-state index contributed by atoms with van der Waals surface area (Å²) in [4.78, 5) is 2.41. The summed E-state index contributed by atoms with van der Waals surface area (Å²) in [7, 11) is 3.92. The van der Waals surface area contributed by atoms with Crippen LogP contribution in [0.3, 0.4) is 0 Å². The molecule has 1 aliphatic carbocycles.